The van der Waals surface area contributed by atoms with E-state index in [0.29, 0.717) is 27.9 Å². The summed E-state index contributed by atoms with van der Waals surface area (Å²) in [5.74, 6) is -0.584. The Balaban J connectivity index is 1.81. The van der Waals surface area contributed by atoms with Crippen LogP contribution < -0.4 is 10.1 Å². The molecule has 6 nitrogen and oxygen atoms in total. The maximum Gasteiger partial charge on any atom is 0.422 e. The molecule has 0 saturated carbocycles. The van der Waals surface area contributed by atoms with Crippen LogP contribution in [-0.2, 0) is 17.8 Å². The normalized spacial score (nSPS) is 11.2. The van der Waals surface area contributed by atoms with Gasteiger partial charge in [0.15, 0.2) is 6.61 Å². The number of aryl methyl sites for hydroxylation is 1. The van der Waals surface area contributed by atoms with E-state index in [2.05, 4.69) is 15.3 Å². The van der Waals surface area contributed by atoms with Crippen LogP contribution in [0.1, 0.15) is 34.1 Å². The first-order valence-electron chi connectivity index (χ1n) is 10.1. The first-order valence-corrected chi connectivity index (χ1v) is 10.1. The Kier molecular flexibility index (Phi) is 7.42. The van der Waals surface area contributed by atoms with Gasteiger partial charge in [-0.2, -0.15) is 13.2 Å². The number of halogens is 3. The number of pyridine rings is 2. The lowest BCUT2D eigenvalue weighted by atomic mass is 10.0. The minimum absolute atomic E-state index is 0.0669. The Morgan fingerprint density at radius 1 is 1.06 bits per heavy atom. The molecule has 1 N–H and O–H groups in total. The minimum atomic E-state index is -4.50. The van der Waals surface area contributed by atoms with Gasteiger partial charge in [0, 0.05) is 42.2 Å². The second-order valence-electron chi connectivity index (χ2n) is 7.51. The molecule has 0 fully saturated rings. The number of benzene rings is 1. The van der Waals surface area contributed by atoms with Crippen molar-refractivity contribution in [2.75, 3.05) is 6.61 Å². The Morgan fingerprint density at radius 3 is 2.52 bits per heavy atom. The average Bonchev–Trinajstić information content (AvgIpc) is 2.76. The second-order valence-corrected chi connectivity index (χ2v) is 7.51. The first kappa shape index (κ1) is 23.9. The summed E-state index contributed by atoms with van der Waals surface area (Å²) in [7, 11) is 0. The highest BCUT2D eigenvalue weighted by Crippen LogP contribution is 2.32. The van der Waals surface area contributed by atoms with Gasteiger partial charge >= 0.3 is 6.18 Å². The molecule has 0 radical (unpaired) electrons. The maximum atomic E-state index is 12.7. The number of carbonyl (C=O) groups excluding carboxylic acids is 2. The highest BCUT2D eigenvalue weighted by molar-refractivity contribution is 5.94. The van der Waals surface area contributed by atoms with Gasteiger partial charge in [-0.05, 0) is 48.7 Å². The molecule has 3 aromatic rings. The fourth-order valence-electron chi connectivity index (χ4n) is 3.18. The molecule has 0 saturated heterocycles. The number of carbonyl (C=O) groups is 2. The van der Waals surface area contributed by atoms with Gasteiger partial charge in [0.2, 0.25) is 5.88 Å². The van der Waals surface area contributed by atoms with E-state index in [0.717, 1.165) is 5.56 Å². The van der Waals surface area contributed by atoms with E-state index in [4.69, 9.17) is 4.74 Å². The van der Waals surface area contributed by atoms with Crippen molar-refractivity contribution in [3.05, 3.63) is 77.2 Å². The van der Waals surface area contributed by atoms with Crippen LogP contribution in [0.3, 0.4) is 0 Å². The predicted molar refractivity (Wildman–Crippen MR) is 116 cm³/mol. The van der Waals surface area contributed by atoms with Crippen molar-refractivity contribution in [3.8, 4) is 17.0 Å². The molecule has 9 heteroatoms. The standard InChI is InChI=1S/C24H22F3N3O3/c1-15-5-3-4-6-20(15)21-10-17(13-30-23(21)33-14-24(25,26)27)12-29-22(32)18-7-8-28-19(11-18)9-16(2)31/h3-8,10-11,13H,9,12,14H2,1-2H3,(H,29,32). The van der Waals surface area contributed by atoms with Crippen molar-refractivity contribution in [1.82, 2.24) is 15.3 Å². The number of ketones is 1. The number of amides is 1. The summed E-state index contributed by atoms with van der Waals surface area (Å²) in [6.45, 7) is 1.91. The van der Waals surface area contributed by atoms with Gasteiger partial charge in [-0.15, -0.1) is 0 Å². The quantitative estimate of drug-likeness (QED) is 0.540. The SMILES string of the molecule is CC(=O)Cc1cc(C(=O)NCc2cnc(OCC(F)(F)F)c(-c3ccccc3C)c2)ccn1. The number of hydrogen-bond acceptors (Lipinski definition) is 5. The van der Waals surface area contributed by atoms with Gasteiger partial charge in [0.1, 0.15) is 5.78 Å². The number of aromatic nitrogens is 2. The molecule has 1 aromatic carbocycles. The van der Waals surface area contributed by atoms with Gasteiger partial charge in [-0.1, -0.05) is 24.3 Å². The molecule has 0 atom stereocenters. The molecule has 0 unspecified atom stereocenters. The highest BCUT2D eigenvalue weighted by Gasteiger charge is 2.29. The molecule has 172 valence electrons. The molecule has 2 aromatic heterocycles. The molecule has 0 bridgehead atoms. The zero-order chi connectivity index (χ0) is 24.0. The number of Topliss-reactive ketones (excluding diaryl/α,β-unsaturated/α-hetero) is 1. The molecule has 1 amide bonds. The van der Waals surface area contributed by atoms with E-state index in [1.165, 1.54) is 25.4 Å². The molecule has 0 aliphatic rings. The Labute approximate surface area is 188 Å². The number of alkyl halides is 3. The van der Waals surface area contributed by atoms with Crippen LogP contribution in [-0.4, -0.2) is 34.4 Å². The summed E-state index contributed by atoms with van der Waals surface area (Å²) in [5.41, 5.74) is 3.34. The van der Waals surface area contributed by atoms with Crippen LogP contribution in [0.4, 0.5) is 13.2 Å². The number of nitrogens with zero attached hydrogens (tertiary/aromatic N) is 2. The molecule has 3 rings (SSSR count). The number of nitrogens with one attached hydrogen (secondary N) is 1. The van der Waals surface area contributed by atoms with Crippen molar-refractivity contribution < 1.29 is 27.5 Å². The molecule has 0 aliphatic heterocycles. The average molecular weight is 457 g/mol. The number of ether oxygens (including phenoxy) is 1. The van der Waals surface area contributed by atoms with Crippen molar-refractivity contribution in [1.29, 1.82) is 0 Å². The van der Waals surface area contributed by atoms with E-state index in [-0.39, 0.29) is 30.5 Å². The van der Waals surface area contributed by atoms with Crippen LogP contribution in [0.15, 0.2) is 54.9 Å². The van der Waals surface area contributed by atoms with Gasteiger partial charge in [-0.25, -0.2) is 4.98 Å². The van der Waals surface area contributed by atoms with Crippen molar-refractivity contribution in [3.63, 3.8) is 0 Å². The van der Waals surface area contributed by atoms with Crippen LogP contribution in [0.5, 0.6) is 5.88 Å². The van der Waals surface area contributed by atoms with E-state index >= 15 is 0 Å². The Morgan fingerprint density at radius 2 is 1.82 bits per heavy atom. The number of rotatable bonds is 8. The smallest absolute Gasteiger partial charge is 0.422 e. The maximum absolute atomic E-state index is 12.7. The predicted octanol–water partition coefficient (Wildman–Crippen LogP) is 4.45. The van der Waals surface area contributed by atoms with E-state index in [9.17, 15) is 22.8 Å². The van der Waals surface area contributed by atoms with Crippen LogP contribution in [0.25, 0.3) is 11.1 Å². The van der Waals surface area contributed by atoms with E-state index in [1.807, 2.05) is 19.1 Å². The Hall–Kier alpha value is -3.75. The summed E-state index contributed by atoms with van der Waals surface area (Å²) in [5, 5.41) is 2.75. The zero-order valence-corrected chi connectivity index (χ0v) is 18.1. The zero-order valence-electron chi connectivity index (χ0n) is 18.1. The molecular formula is C24H22F3N3O3. The fourth-order valence-corrected chi connectivity index (χ4v) is 3.18. The molecule has 0 aliphatic carbocycles. The molecule has 33 heavy (non-hydrogen) atoms. The number of hydrogen-bond donors (Lipinski definition) is 1. The first-order chi connectivity index (χ1) is 15.6. The largest absolute Gasteiger partial charge is 0.468 e. The Bertz CT molecular complexity index is 1160. The fraction of sp³-hybridized carbons (Fsp3) is 0.250. The van der Waals surface area contributed by atoms with Crippen LogP contribution >= 0.6 is 0 Å². The molecule has 0 spiro atoms. The van der Waals surface area contributed by atoms with Gasteiger partial charge in [0.25, 0.3) is 5.91 Å². The summed E-state index contributed by atoms with van der Waals surface area (Å²) in [6.07, 6.45) is -1.55. The summed E-state index contributed by atoms with van der Waals surface area (Å²) in [4.78, 5) is 32.0. The molecular weight excluding hydrogens is 435 g/mol. The molecule has 2 heterocycles. The lowest BCUT2D eigenvalue weighted by molar-refractivity contribution is -0.154. The van der Waals surface area contributed by atoms with Gasteiger partial charge < -0.3 is 10.1 Å². The second kappa shape index (κ2) is 10.2. The van der Waals surface area contributed by atoms with Gasteiger partial charge in [0.05, 0.1) is 0 Å². The van der Waals surface area contributed by atoms with Crippen LogP contribution in [0.2, 0.25) is 0 Å². The van der Waals surface area contributed by atoms with Crippen LogP contribution in [0, 0.1) is 6.92 Å². The summed E-state index contributed by atoms with van der Waals surface area (Å²) in [6, 6.07) is 11.9. The van der Waals surface area contributed by atoms with Crippen molar-refractivity contribution in [2.24, 2.45) is 0 Å². The third-order valence-electron chi connectivity index (χ3n) is 4.68. The lowest BCUT2D eigenvalue weighted by Gasteiger charge is -2.15. The monoisotopic (exact) mass is 457 g/mol. The highest BCUT2D eigenvalue weighted by atomic mass is 19.4. The third-order valence-corrected chi connectivity index (χ3v) is 4.68. The van der Waals surface area contributed by atoms with E-state index < -0.39 is 12.8 Å². The van der Waals surface area contributed by atoms with Crippen molar-refractivity contribution >= 4 is 11.7 Å². The van der Waals surface area contributed by atoms with Crippen molar-refractivity contribution in [2.45, 2.75) is 33.0 Å². The summed E-state index contributed by atoms with van der Waals surface area (Å²) < 4.78 is 43.0. The topological polar surface area (TPSA) is 81.2 Å². The summed E-state index contributed by atoms with van der Waals surface area (Å²) >= 11 is 0. The third kappa shape index (κ3) is 6.86. The lowest BCUT2D eigenvalue weighted by Crippen LogP contribution is -2.23. The van der Waals surface area contributed by atoms with E-state index in [1.54, 1.807) is 24.3 Å². The van der Waals surface area contributed by atoms with Gasteiger partial charge in [-0.3, -0.25) is 14.6 Å². The minimum Gasteiger partial charge on any atom is -0.468 e.